The van der Waals surface area contributed by atoms with Gasteiger partial charge in [0.25, 0.3) is 5.91 Å². The predicted octanol–water partition coefficient (Wildman–Crippen LogP) is 2.47. The Bertz CT molecular complexity index is 722. The molecule has 1 aromatic carbocycles. The molecule has 1 aromatic heterocycles. The molecule has 8 heteroatoms. The largest absolute Gasteiger partial charge is 0.378 e. The molecule has 0 spiro atoms. The number of anilines is 2. The van der Waals surface area contributed by atoms with Gasteiger partial charge in [-0.2, -0.15) is 0 Å². The molecule has 0 radical (unpaired) electrons. The minimum Gasteiger partial charge on any atom is -0.378 e. The predicted molar refractivity (Wildman–Crippen MR) is 87.1 cm³/mol. The maximum absolute atomic E-state index is 13.8. The van der Waals surface area contributed by atoms with E-state index >= 15 is 0 Å². The summed E-state index contributed by atoms with van der Waals surface area (Å²) < 4.78 is 19.7. The van der Waals surface area contributed by atoms with Crippen LogP contribution in [-0.2, 0) is 4.74 Å². The highest BCUT2D eigenvalue weighted by molar-refractivity contribution is 9.10. The Labute approximate surface area is 140 Å². The van der Waals surface area contributed by atoms with E-state index in [1.54, 1.807) is 12.1 Å². The van der Waals surface area contributed by atoms with Crippen LogP contribution in [0.1, 0.15) is 10.5 Å². The van der Waals surface area contributed by atoms with Crippen LogP contribution in [0.25, 0.3) is 0 Å². The molecule has 1 fully saturated rings. The molecular weight excluding hydrogens is 367 g/mol. The molecule has 6 nitrogen and oxygen atoms in total. The summed E-state index contributed by atoms with van der Waals surface area (Å²) in [6, 6.07) is 6.02. The van der Waals surface area contributed by atoms with Crippen LogP contribution in [0.2, 0.25) is 0 Å². The lowest BCUT2D eigenvalue weighted by Crippen LogP contribution is -2.37. The van der Waals surface area contributed by atoms with Crippen LogP contribution in [0.3, 0.4) is 0 Å². The van der Waals surface area contributed by atoms with Crippen LogP contribution in [0.4, 0.5) is 15.9 Å². The quantitative estimate of drug-likeness (QED) is 0.885. The number of hydrogen-bond donors (Lipinski definition) is 1. The van der Waals surface area contributed by atoms with E-state index in [9.17, 15) is 9.18 Å². The van der Waals surface area contributed by atoms with Gasteiger partial charge in [-0.15, -0.1) is 0 Å². The van der Waals surface area contributed by atoms with Crippen molar-refractivity contribution in [3.63, 3.8) is 0 Å². The maximum Gasteiger partial charge on any atom is 0.274 e. The highest BCUT2D eigenvalue weighted by atomic mass is 79.9. The van der Waals surface area contributed by atoms with Crippen molar-refractivity contribution in [1.29, 1.82) is 0 Å². The molecule has 2 heterocycles. The number of aromatic nitrogens is 2. The van der Waals surface area contributed by atoms with Gasteiger partial charge in [-0.05, 0) is 18.2 Å². The first-order chi connectivity index (χ1) is 11.1. The first-order valence-corrected chi connectivity index (χ1v) is 7.84. The number of nitrogens with zero attached hydrogens (tertiary/aromatic N) is 3. The van der Waals surface area contributed by atoms with Gasteiger partial charge in [0.2, 0.25) is 0 Å². The third-order valence-corrected chi connectivity index (χ3v) is 3.89. The van der Waals surface area contributed by atoms with Crippen molar-refractivity contribution in [1.82, 2.24) is 9.97 Å². The van der Waals surface area contributed by atoms with Gasteiger partial charge in [0.1, 0.15) is 23.7 Å². The Morgan fingerprint density at radius 3 is 2.78 bits per heavy atom. The van der Waals surface area contributed by atoms with E-state index in [1.807, 2.05) is 4.90 Å². The highest BCUT2D eigenvalue weighted by Crippen LogP contribution is 2.20. The van der Waals surface area contributed by atoms with Crippen LogP contribution in [0.15, 0.2) is 35.1 Å². The standard InChI is InChI=1S/C15H14BrFN4O2/c16-10-1-2-12(11(17)7-10)20-15(22)13-8-14(19-9-18-13)21-3-5-23-6-4-21/h1-2,7-9H,3-6H2,(H,20,22). The minimum atomic E-state index is -0.518. The van der Waals surface area contributed by atoms with Gasteiger partial charge in [-0.3, -0.25) is 4.79 Å². The van der Waals surface area contributed by atoms with Gasteiger partial charge in [0.15, 0.2) is 0 Å². The molecule has 1 aliphatic heterocycles. The number of carbonyl (C=O) groups is 1. The van der Waals surface area contributed by atoms with Gasteiger partial charge >= 0.3 is 0 Å². The molecule has 23 heavy (non-hydrogen) atoms. The van der Waals surface area contributed by atoms with E-state index in [0.29, 0.717) is 36.6 Å². The van der Waals surface area contributed by atoms with Crippen LogP contribution in [-0.4, -0.2) is 42.2 Å². The number of carbonyl (C=O) groups excluding carboxylic acids is 1. The summed E-state index contributed by atoms with van der Waals surface area (Å²) in [5.41, 5.74) is 0.286. The normalized spacial score (nSPS) is 14.6. The molecule has 3 rings (SSSR count). The smallest absolute Gasteiger partial charge is 0.274 e. The second kappa shape index (κ2) is 7.01. The maximum atomic E-state index is 13.8. The number of nitrogens with one attached hydrogen (secondary N) is 1. The van der Waals surface area contributed by atoms with E-state index in [0.717, 1.165) is 0 Å². The molecule has 1 saturated heterocycles. The summed E-state index contributed by atoms with van der Waals surface area (Å²) in [6.07, 6.45) is 1.33. The molecule has 120 valence electrons. The van der Waals surface area contributed by atoms with Crippen molar-refractivity contribution in [2.45, 2.75) is 0 Å². The summed E-state index contributed by atoms with van der Waals surface area (Å²) in [7, 11) is 0. The van der Waals surface area contributed by atoms with E-state index in [1.165, 1.54) is 18.5 Å². The Balaban J connectivity index is 1.76. The molecule has 1 amide bonds. The lowest BCUT2D eigenvalue weighted by molar-refractivity contribution is 0.102. The summed E-state index contributed by atoms with van der Waals surface area (Å²) in [6.45, 7) is 2.66. The number of amides is 1. The molecular formula is C15H14BrFN4O2. The molecule has 0 unspecified atom stereocenters. The van der Waals surface area contributed by atoms with Crippen molar-refractivity contribution in [3.8, 4) is 0 Å². The third kappa shape index (κ3) is 3.83. The molecule has 0 saturated carbocycles. The van der Waals surface area contributed by atoms with Crippen molar-refractivity contribution in [2.75, 3.05) is 36.5 Å². The Kier molecular flexibility index (Phi) is 4.82. The zero-order valence-corrected chi connectivity index (χ0v) is 13.7. The van der Waals surface area contributed by atoms with Gasteiger partial charge in [-0.25, -0.2) is 14.4 Å². The zero-order chi connectivity index (χ0) is 16.2. The SMILES string of the molecule is O=C(Nc1ccc(Br)cc1F)c1cc(N2CCOCC2)ncn1. The summed E-state index contributed by atoms with van der Waals surface area (Å²) in [4.78, 5) is 22.4. The molecule has 0 atom stereocenters. The van der Waals surface area contributed by atoms with Crippen molar-refractivity contribution in [3.05, 3.63) is 46.6 Å². The first-order valence-electron chi connectivity index (χ1n) is 7.04. The third-order valence-electron chi connectivity index (χ3n) is 3.40. The topological polar surface area (TPSA) is 67.4 Å². The number of morpholine rings is 1. The fourth-order valence-corrected chi connectivity index (χ4v) is 2.55. The number of rotatable bonds is 3. The average molecular weight is 381 g/mol. The Morgan fingerprint density at radius 1 is 1.26 bits per heavy atom. The number of hydrogen-bond acceptors (Lipinski definition) is 5. The number of benzene rings is 1. The van der Waals surface area contributed by atoms with Crippen LogP contribution in [0, 0.1) is 5.82 Å². The van der Waals surface area contributed by atoms with E-state index in [-0.39, 0.29) is 11.4 Å². The van der Waals surface area contributed by atoms with Crippen molar-refractivity contribution < 1.29 is 13.9 Å². The van der Waals surface area contributed by atoms with Crippen LogP contribution in [0.5, 0.6) is 0 Å². The molecule has 1 aliphatic rings. The Morgan fingerprint density at radius 2 is 2.04 bits per heavy atom. The molecule has 0 bridgehead atoms. The monoisotopic (exact) mass is 380 g/mol. The van der Waals surface area contributed by atoms with Gasteiger partial charge in [0.05, 0.1) is 18.9 Å². The second-order valence-electron chi connectivity index (χ2n) is 4.94. The average Bonchev–Trinajstić information content (AvgIpc) is 2.58. The Hall–Kier alpha value is -2.06. The van der Waals surface area contributed by atoms with Crippen molar-refractivity contribution in [2.24, 2.45) is 0 Å². The van der Waals surface area contributed by atoms with Crippen LogP contribution < -0.4 is 10.2 Å². The lowest BCUT2D eigenvalue weighted by atomic mass is 10.3. The molecule has 1 N–H and O–H groups in total. The summed E-state index contributed by atoms with van der Waals surface area (Å²) in [5, 5.41) is 2.52. The van der Waals surface area contributed by atoms with Crippen LogP contribution >= 0.6 is 15.9 Å². The van der Waals surface area contributed by atoms with E-state index in [2.05, 4.69) is 31.2 Å². The molecule has 0 aliphatic carbocycles. The van der Waals surface area contributed by atoms with E-state index in [4.69, 9.17) is 4.74 Å². The molecule has 2 aromatic rings. The first kappa shape index (κ1) is 15.8. The van der Waals surface area contributed by atoms with Gasteiger partial charge in [-0.1, -0.05) is 15.9 Å². The van der Waals surface area contributed by atoms with E-state index < -0.39 is 11.7 Å². The summed E-state index contributed by atoms with van der Waals surface area (Å²) in [5.74, 6) is -0.344. The number of halogens is 2. The lowest BCUT2D eigenvalue weighted by Gasteiger charge is -2.27. The summed E-state index contributed by atoms with van der Waals surface area (Å²) >= 11 is 3.17. The van der Waals surface area contributed by atoms with Gasteiger partial charge < -0.3 is 15.0 Å². The minimum absolute atomic E-state index is 0.102. The fourth-order valence-electron chi connectivity index (χ4n) is 2.21. The number of ether oxygens (including phenoxy) is 1. The second-order valence-corrected chi connectivity index (χ2v) is 5.85. The highest BCUT2D eigenvalue weighted by Gasteiger charge is 2.16. The zero-order valence-electron chi connectivity index (χ0n) is 12.1. The fraction of sp³-hybridized carbons (Fsp3) is 0.267. The van der Waals surface area contributed by atoms with Crippen molar-refractivity contribution >= 4 is 33.3 Å². The van der Waals surface area contributed by atoms with Gasteiger partial charge in [0, 0.05) is 23.6 Å².